The number of anilines is 1. The molecule has 3 aromatic carbocycles. The lowest BCUT2D eigenvalue weighted by Gasteiger charge is -2.37. The summed E-state index contributed by atoms with van der Waals surface area (Å²) in [6.07, 6.45) is 0.766. The van der Waals surface area contributed by atoms with Crippen LogP contribution in [0.1, 0.15) is 15.9 Å². The molecule has 1 N–H and O–H groups in total. The average Bonchev–Trinajstić information content (AvgIpc) is 2.86. The van der Waals surface area contributed by atoms with Gasteiger partial charge in [0.2, 0.25) is 0 Å². The van der Waals surface area contributed by atoms with Gasteiger partial charge in [0.15, 0.2) is 5.11 Å². The Labute approximate surface area is 208 Å². The normalized spacial score (nSPS) is 13.5. The van der Waals surface area contributed by atoms with Crippen LogP contribution in [0.25, 0.3) is 0 Å². The van der Waals surface area contributed by atoms with Crippen LogP contribution in [0.4, 0.5) is 5.69 Å². The molecule has 0 aliphatic carbocycles. The van der Waals surface area contributed by atoms with Crippen molar-refractivity contribution >= 4 is 44.9 Å². The highest BCUT2D eigenvalue weighted by Crippen LogP contribution is 2.24. The van der Waals surface area contributed by atoms with E-state index in [4.69, 9.17) is 17.0 Å². The van der Waals surface area contributed by atoms with Crippen LogP contribution >= 0.6 is 28.1 Å². The maximum atomic E-state index is 13.1. The van der Waals surface area contributed by atoms with E-state index in [0.29, 0.717) is 23.0 Å². The van der Waals surface area contributed by atoms with Gasteiger partial charge >= 0.3 is 0 Å². The summed E-state index contributed by atoms with van der Waals surface area (Å²) < 4.78 is 6.77. The zero-order chi connectivity index (χ0) is 23.0. The highest BCUT2D eigenvalue weighted by molar-refractivity contribution is 9.10. The third-order valence-electron chi connectivity index (χ3n) is 5.59. The zero-order valence-electron chi connectivity index (χ0n) is 18.2. The molecular formula is C26H26BrN3O2S. The molecule has 5 nitrogen and oxygen atoms in total. The van der Waals surface area contributed by atoms with E-state index in [1.54, 1.807) is 6.07 Å². The number of benzene rings is 3. The molecule has 3 aromatic rings. The number of hydrogen-bond donors (Lipinski definition) is 1. The number of hydrogen-bond acceptors (Lipinski definition) is 4. The van der Waals surface area contributed by atoms with Gasteiger partial charge in [0.1, 0.15) is 5.75 Å². The lowest BCUT2D eigenvalue weighted by molar-refractivity contribution is 0.0969. The number of nitrogens with one attached hydrogen (secondary N) is 1. The topological polar surface area (TPSA) is 44.8 Å². The molecule has 7 heteroatoms. The second-order valence-corrected chi connectivity index (χ2v) is 9.10. The van der Waals surface area contributed by atoms with E-state index in [1.807, 2.05) is 53.4 Å². The maximum absolute atomic E-state index is 13.1. The molecule has 1 fully saturated rings. The van der Waals surface area contributed by atoms with Gasteiger partial charge in [-0.25, -0.2) is 0 Å². The molecule has 0 aromatic heterocycles. The van der Waals surface area contributed by atoms with E-state index in [9.17, 15) is 4.79 Å². The van der Waals surface area contributed by atoms with Crippen LogP contribution in [0.3, 0.4) is 0 Å². The Balaban J connectivity index is 1.34. The Kier molecular flexibility index (Phi) is 7.96. The van der Waals surface area contributed by atoms with Crippen LogP contribution in [0.5, 0.6) is 5.75 Å². The number of amides is 1. The maximum Gasteiger partial charge on any atom is 0.261 e. The van der Waals surface area contributed by atoms with Crippen LogP contribution in [0.2, 0.25) is 0 Å². The van der Waals surface area contributed by atoms with Crippen molar-refractivity contribution < 1.29 is 9.53 Å². The summed E-state index contributed by atoms with van der Waals surface area (Å²) in [4.78, 5) is 17.4. The first-order valence-corrected chi connectivity index (χ1v) is 12.2. The van der Waals surface area contributed by atoms with Gasteiger partial charge in [0.25, 0.3) is 5.91 Å². The number of piperazine rings is 1. The van der Waals surface area contributed by atoms with Gasteiger partial charge in [-0.15, -0.1) is 0 Å². The summed E-state index contributed by atoms with van der Waals surface area (Å²) in [6, 6.07) is 25.9. The summed E-state index contributed by atoms with van der Waals surface area (Å²) in [5.41, 5.74) is 2.86. The molecule has 1 saturated heterocycles. The van der Waals surface area contributed by atoms with Crippen LogP contribution in [0, 0.1) is 0 Å². The molecule has 4 rings (SSSR count). The van der Waals surface area contributed by atoms with Gasteiger partial charge in [-0.05, 0) is 48.1 Å². The van der Waals surface area contributed by atoms with Crippen molar-refractivity contribution in [1.29, 1.82) is 0 Å². The van der Waals surface area contributed by atoms with E-state index in [2.05, 4.69) is 50.4 Å². The Morgan fingerprint density at radius 1 is 0.939 bits per heavy atom. The van der Waals surface area contributed by atoms with Crippen molar-refractivity contribution in [2.75, 3.05) is 37.7 Å². The molecule has 1 amide bonds. The minimum absolute atomic E-state index is 0.262. The summed E-state index contributed by atoms with van der Waals surface area (Å²) in [5.74, 6) is 0.282. The highest BCUT2D eigenvalue weighted by Gasteiger charge is 2.22. The SMILES string of the molecule is O=C(NC(=S)N1CCN(c2ccccc2)CC1)c1cc(Br)ccc1OCCc1ccccc1. The van der Waals surface area contributed by atoms with Gasteiger partial charge in [-0.3, -0.25) is 10.1 Å². The summed E-state index contributed by atoms with van der Waals surface area (Å²) in [7, 11) is 0. The molecule has 0 unspecified atom stereocenters. The standard InChI is InChI=1S/C26H26BrN3O2S/c27-21-11-12-24(32-18-13-20-7-3-1-4-8-20)23(19-21)25(31)28-26(33)30-16-14-29(15-17-30)22-9-5-2-6-10-22/h1-12,19H,13-18H2,(H,28,31,33). The van der Waals surface area contributed by atoms with Gasteiger partial charge < -0.3 is 14.5 Å². The number of halogens is 1. The number of para-hydroxylation sites is 1. The van der Waals surface area contributed by atoms with E-state index in [1.165, 1.54) is 11.3 Å². The first kappa shape index (κ1) is 23.3. The van der Waals surface area contributed by atoms with Crippen molar-refractivity contribution in [3.63, 3.8) is 0 Å². The lowest BCUT2D eigenvalue weighted by atomic mass is 10.1. The molecule has 0 saturated carbocycles. The fraction of sp³-hybridized carbons (Fsp3) is 0.231. The Hall–Kier alpha value is -2.90. The van der Waals surface area contributed by atoms with E-state index < -0.39 is 0 Å². The highest BCUT2D eigenvalue weighted by atomic mass is 79.9. The second kappa shape index (κ2) is 11.3. The van der Waals surface area contributed by atoms with Crippen molar-refractivity contribution in [1.82, 2.24) is 10.2 Å². The van der Waals surface area contributed by atoms with Gasteiger partial charge in [-0.2, -0.15) is 0 Å². The first-order valence-electron chi connectivity index (χ1n) is 11.0. The van der Waals surface area contributed by atoms with E-state index >= 15 is 0 Å². The third-order valence-corrected chi connectivity index (χ3v) is 6.44. The van der Waals surface area contributed by atoms with Gasteiger partial charge in [0, 0.05) is 42.8 Å². The Morgan fingerprint density at radius 2 is 1.61 bits per heavy atom. The molecule has 33 heavy (non-hydrogen) atoms. The van der Waals surface area contributed by atoms with Crippen LogP contribution in [-0.4, -0.2) is 48.7 Å². The van der Waals surface area contributed by atoms with Crippen LogP contribution < -0.4 is 15.0 Å². The summed E-state index contributed by atoms with van der Waals surface area (Å²) in [6.45, 7) is 3.70. The Morgan fingerprint density at radius 3 is 2.30 bits per heavy atom. The number of nitrogens with zero attached hydrogens (tertiary/aromatic N) is 2. The van der Waals surface area contributed by atoms with Crippen LogP contribution in [0.15, 0.2) is 83.3 Å². The van der Waals surface area contributed by atoms with Gasteiger partial charge in [-0.1, -0.05) is 64.5 Å². The number of ether oxygens (including phenoxy) is 1. The first-order chi connectivity index (χ1) is 16.1. The third kappa shape index (κ3) is 6.33. The molecule has 1 aliphatic heterocycles. The predicted molar refractivity (Wildman–Crippen MR) is 140 cm³/mol. The monoisotopic (exact) mass is 523 g/mol. The second-order valence-electron chi connectivity index (χ2n) is 7.79. The molecular weight excluding hydrogens is 498 g/mol. The largest absolute Gasteiger partial charge is 0.492 e. The number of carbonyl (C=O) groups excluding carboxylic acids is 1. The molecule has 1 aliphatic rings. The fourth-order valence-corrected chi connectivity index (χ4v) is 4.42. The van der Waals surface area contributed by atoms with Gasteiger partial charge in [0.05, 0.1) is 12.2 Å². The van der Waals surface area contributed by atoms with E-state index in [-0.39, 0.29) is 5.91 Å². The van der Waals surface area contributed by atoms with Crippen molar-refractivity contribution in [2.24, 2.45) is 0 Å². The minimum Gasteiger partial charge on any atom is -0.492 e. The molecule has 0 spiro atoms. The average molecular weight is 524 g/mol. The Bertz CT molecular complexity index is 1090. The zero-order valence-corrected chi connectivity index (χ0v) is 20.6. The van der Waals surface area contributed by atoms with Crippen molar-refractivity contribution in [3.8, 4) is 5.75 Å². The fourth-order valence-electron chi connectivity index (χ4n) is 3.78. The number of thiocarbonyl (C=S) groups is 1. The van der Waals surface area contributed by atoms with E-state index in [0.717, 1.165) is 37.1 Å². The summed E-state index contributed by atoms with van der Waals surface area (Å²) in [5, 5.41) is 3.34. The molecule has 0 bridgehead atoms. The van der Waals surface area contributed by atoms with Crippen molar-refractivity contribution in [2.45, 2.75) is 6.42 Å². The summed E-state index contributed by atoms with van der Waals surface area (Å²) >= 11 is 9.01. The molecule has 170 valence electrons. The smallest absolute Gasteiger partial charge is 0.261 e. The molecule has 1 heterocycles. The quantitative estimate of drug-likeness (QED) is 0.465. The lowest BCUT2D eigenvalue weighted by Crippen LogP contribution is -2.52. The predicted octanol–water partition coefficient (Wildman–Crippen LogP) is 4.91. The number of rotatable bonds is 6. The minimum atomic E-state index is -0.262. The molecule has 0 atom stereocenters. The van der Waals surface area contributed by atoms with Crippen molar-refractivity contribution in [3.05, 3.63) is 94.5 Å². The van der Waals surface area contributed by atoms with Crippen LogP contribution in [-0.2, 0) is 6.42 Å². The number of carbonyl (C=O) groups is 1. The molecule has 0 radical (unpaired) electrons.